The monoisotopic (exact) mass is 540 g/mol. The van der Waals surface area contributed by atoms with Crippen molar-refractivity contribution in [3.8, 4) is 0 Å². The second-order valence-electron chi connectivity index (χ2n) is 12.2. The van der Waals surface area contributed by atoms with Crippen LogP contribution < -0.4 is 0 Å². The van der Waals surface area contributed by atoms with E-state index in [4.69, 9.17) is 9.47 Å². The Morgan fingerprint density at radius 3 is 1.97 bits per heavy atom. The molecule has 39 heavy (non-hydrogen) atoms. The largest absolute Gasteiger partial charge is 0.492 e. The van der Waals surface area contributed by atoms with Crippen LogP contribution in [0.4, 0.5) is 0 Å². The van der Waals surface area contributed by atoms with Crippen LogP contribution in [0, 0.1) is 29.1 Å². The van der Waals surface area contributed by atoms with E-state index >= 15 is 0 Å². The van der Waals surface area contributed by atoms with Crippen molar-refractivity contribution in [1.29, 1.82) is 0 Å². The van der Waals surface area contributed by atoms with E-state index in [1.54, 1.807) is 0 Å². The summed E-state index contributed by atoms with van der Waals surface area (Å²) in [4.78, 5) is 12.6. The summed E-state index contributed by atoms with van der Waals surface area (Å²) in [6, 6.07) is 0. The zero-order valence-electron chi connectivity index (χ0n) is 27.3. The molecule has 0 N–H and O–H groups in total. The summed E-state index contributed by atoms with van der Waals surface area (Å²) in [6.07, 6.45) is 18.9. The second kappa shape index (κ2) is 16.3. The van der Waals surface area contributed by atoms with E-state index in [0.717, 1.165) is 37.9 Å². The highest BCUT2D eigenvalue weighted by Crippen LogP contribution is 2.56. The molecular weight excluding hydrogens is 480 g/mol. The zero-order valence-corrected chi connectivity index (χ0v) is 27.3. The highest BCUT2D eigenvalue weighted by Gasteiger charge is 2.47. The van der Waals surface area contributed by atoms with Gasteiger partial charge in [0.2, 0.25) is 0 Å². The predicted octanol–water partition coefficient (Wildman–Crippen LogP) is 10.9. The Bertz CT molecular complexity index is 910. The van der Waals surface area contributed by atoms with Crippen molar-refractivity contribution in [2.24, 2.45) is 29.1 Å². The molecule has 222 valence electrons. The fourth-order valence-electron chi connectivity index (χ4n) is 6.48. The number of rotatable bonds is 16. The average molecular weight is 541 g/mol. The summed E-state index contributed by atoms with van der Waals surface area (Å²) in [5, 5.41) is 0. The van der Waals surface area contributed by atoms with Crippen molar-refractivity contribution in [2.45, 2.75) is 133 Å². The highest BCUT2D eigenvalue weighted by molar-refractivity contribution is 5.73. The van der Waals surface area contributed by atoms with Gasteiger partial charge in [0, 0.05) is 5.41 Å². The molecule has 1 rings (SSSR count). The summed E-state index contributed by atoms with van der Waals surface area (Å²) in [7, 11) is 0. The van der Waals surface area contributed by atoms with Gasteiger partial charge in [-0.1, -0.05) is 91.7 Å². The lowest BCUT2D eigenvalue weighted by atomic mass is 9.57. The zero-order chi connectivity index (χ0) is 29.8. The second-order valence-corrected chi connectivity index (χ2v) is 12.2. The smallest absolute Gasteiger partial charge is 0.313 e. The van der Waals surface area contributed by atoms with Crippen LogP contribution in [0.1, 0.15) is 128 Å². The van der Waals surface area contributed by atoms with Gasteiger partial charge < -0.3 is 9.47 Å². The first-order valence-corrected chi connectivity index (χ1v) is 15.7. The van der Waals surface area contributed by atoms with Crippen LogP contribution in [0.5, 0.6) is 0 Å². The molecule has 0 spiro atoms. The molecule has 0 heterocycles. The Morgan fingerprint density at radius 2 is 1.51 bits per heavy atom. The fraction of sp³-hybridized carbons (Fsp3) is 0.694. The van der Waals surface area contributed by atoms with Crippen LogP contribution >= 0.6 is 0 Å². The van der Waals surface area contributed by atoms with Crippen LogP contribution in [0.2, 0.25) is 0 Å². The molecule has 1 aliphatic rings. The first-order chi connectivity index (χ1) is 18.4. The van der Waals surface area contributed by atoms with Crippen molar-refractivity contribution in [2.75, 3.05) is 0 Å². The minimum atomic E-state index is -0.160. The number of ether oxygens (including phenoxy) is 2. The Balaban J connectivity index is 3.66. The average Bonchev–Trinajstić information content (AvgIpc) is 3.35. The molecule has 1 fully saturated rings. The van der Waals surface area contributed by atoms with Crippen molar-refractivity contribution < 1.29 is 14.3 Å². The van der Waals surface area contributed by atoms with E-state index in [9.17, 15) is 4.79 Å². The van der Waals surface area contributed by atoms with Crippen molar-refractivity contribution in [1.82, 2.24) is 0 Å². The maximum absolute atomic E-state index is 12.6. The molecule has 0 aliphatic heterocycles. The van der Waals surface area contributed by atoms with Gasteiger partial charge in [-0.2, -0.15) is 0 Å². The first kappa shape index (κ1) is 35.0. The minimum Gasteiger partial charge on any atom is -0.492 e. The number of esters is 1. The molecule has 0 bridgehead atoms. The molecule has 4 unspecified atom stereocenters. The van der Waals surface area contributed by atoms with Gasteiger partial charge in [-0.3, -0.25) is 4.79 Å². The molecule has 1 aliphatic carbocycles. The topological polar surface area (TPSA) is 35.5 Å². The van der Waals surface area contributed by atoms with Gasteiger partial charge in [-0.15, -0.1) is 0 Å². The fourth-order valence-corrected chi connectivity index (χ4v) is 6.48. The molecule has 0 amide bonds. The van der Waals surface area contributed by atoms with Crippen molar-refractivity contribution in [3.05, 3.63) is 59.6 Å². The maximum atomic E-state index is 12.6. The molecule has 3 nitrogen and oxygen atoms in total. The Kier molecular flexibility index (Phi) is 14.6. The molecular formula is C36H60O3. The van der Waals surface area contributed by atoms with E-state index in [1.165, 1.54) is 30.4 Å². The van der Waals surface area contributed by atoms with Crippen LogP contribution in [-0.4, -0.2) is 11.6 Å². The third kappa shape index (κ3) is 8.98. The van der Waals surface area contributed by atoms with Gasteiger partial charge >= 0.3 is 5.97 Å². The molecule has 1 saturated carbocycles. The van der Waals surface area contributed by atoms with Crippen molar-refractivity contribution >= 4 is 5.97 Å². The number of allylic oxidation sites excluding steroid dienone is 9. The number of carbonyl (C=O) groups excluding carboxylic acids is 1. The predicted molar refractivity (Wildman–Crippen MR) is 168 cm³/mol. The quantitative estimate of drug-likeness (QED) is 0.111. The maximum Gasteiger partial charge on any atom is 0.313 e. The molecule has 3 heteroatoms. The molecule has 0 radical (unpaired) electrons. The molecule has 0 saturated heterocycles. The summed E-state index contributed by atoms with van der Waals surface area (Å²) < 4.78 is 12.1. The summed E-state index contributed by atoms with van der Waals surface area (Å²) in [6.45, 7) is 28.2. The molecule has 0 aromatic heterocycles. The van der Waals surface area contributed by atoms with E-state index in [1.807, 2.05) is 32.9 Å². The number of carbonyl (C=O) groups is 1. The van der Waals surface area contributed by atoms with Crippen LogP contribution in [0.25, 0.3) is 0 Å². The number of hydrogen-bond donors (Lipinski definition) is 0. The lowest BCUT2D eigenvalue weighted by Gasteiger charge is -2.47. The summed E-state index contributed by atoms with van der Waals surface area (Å²) in [5.74, 6) is 3.05. The van der Waals surface area contributed by atoms with Gasteiger partial charge in [0.25, 0.3) is 0 Å². The summed E-state index contributed by atoms with van der Waals surface area (Å²) in [5.41, 5.74) is 2.26. The number of hydrogen-bond acceptors (Lipinski definition) is 3. The normalized spacial score (nSPS) is 22.1. The van der Waals surface area contributed by atoms with Gasteiger partial charge in [0.1, 0.15) is 11.4 Å². The van der Waals surface area contributed by atoms with Gasteiger partial charge in [0.05, 0.1) is 11.7 Å². The molecule has 0 aromatic carbocycles. The third-order valence-corrected chi connectivity index (χ3v) is 9.63. The van der Waals surface area contributed by atoms with E-state index in [-0.39, 0.29) is 22.9 Å². The van der Waals surface area contributed by atoms with E-state index in [0.29, 0.717) is 23.5 Å². The Morgan fingerprint density at radius 1 is 0.923 bits per heavy atom. The van der Waals surface area contributed by atoms with Crippen LogP contribution in [-0.2, 0) is 14.3 Å². The molecule has 4 atom stereocenters. The van der Waals surface area contributed by atoms with Gasteiger partial charge in [-0.25, -0.2) is 0 Å². The first-order valence-electron chi connectivity index (χ1n) is 15.7. The lowest BCUT2D eigenvalue weighted by Crippen LogP contribution is -2.39. The Hall–Kier alpha value is -2.03. The van der Waals surface area contributed by atoms with Crippen LogP contribution in [0.3, 0.4) is 0 Å². The molecule has 0 aromatic rings. The summed E-state index contributed by atoms with van der Waals surface area (Å²) >= 11 is 0. The van der Waals surface area contributed by atoms with Crippen molar-refractivity contribution in [3.63, 3.8) is 0 Å². The van der Waals surface area contributed by atoms with Gasteiger partial charge in [-0.05, 0) is 102 Å². The van der Waals surface area contributed by atoms with E-state index in [2.05, 4.69) is 80.2 Å². The van der Waals surface area contributed by atoms with E-state index < -0.39 is 0 Å². The SMILES string of the molecule is C=C/C(=C\C=C(/C)OC(=O)C(CC)CC)C(/C(C)=C/C=C(\C)OC(C)(CC)CC)(C(C)CC)C1CCC(C)C1. The third-order valence-electron chi connectivity index (χ3n) is 9.63. The Labute approximate surface area is 241 Å². The highest BCUT2D eigenvalue weighted by atomic mass is 16.5. The standard InChI is InChI=1S/C36H60O3/c1-13-27(8)36(33-23-19-26(7)25-33,28(9)20-21-30(11)39-35(12,17-5)18-6)32(16-4)24-22-29(10)38-34(37)31(14-2)15-3/h16,20-22,24,26-27,31,33H,4,13-15,17-19,23,25H2,1-3,5-12H3/b28-20+,29-22+,30-21+,32-24+. The minimum absolute atomic E-state index is 0.0555. The lowest BCUT2D eigenvalue weighted by molar-refractivity contribution is -0.144. The van der Waals surface area contributed by atoms with Gasteiger partial charge in [0.15, 0.2) is 0 Å². The van der Waals surface area contributed by atoms with Crippen LogP contribution in [0.15, 0.2) is 59.6 Å².